The molecule has 0 aliphatic heterocycles. The molecule has 1 N–H and O–H groups in total. The van der Waals surface area contributed by atoms with Gasteiger partial charge in [0, 0.05) is 16.5 Å². The van der Waals surface area contributed by atoms with Crippen LogP contribution >= 0.6 is 23.2 Å². The lowest BCUT2D eigenvalue weighted by Gasteiger charge is -2.16. The van der Waals surface area contributed by atoms with Crippen molar-refractivity contribution in [2.45, 2.75) is 32.3 Å². The smallest absolute Gasteiger partial charge is 0.345 e. The van der Waals surface area contributed by atoms with Gasteiger partial charge >= 0.3 is 5.97 Å². The second-order valence-corrected chi connectivity index (χ2v) is 6.45. The van der Waals surface area contributed by atoms with E-state index >= 15 is 0 Å². The van der Waals surface area contributed by atoms with Crippen molar-refractivity contribution >= 4 is 29.2 Å². The van der Waals surface area contributed by atoms with Crippen molar-refractivity contribution in [1.29, 1.82) is 0 Å². The number of benzene rings is 2. The topological polar surface area (TPSA) is 46.5 Å². The molecule has 0 heterocycles. The van der Waals surface area contributed by atoms with Crippen molar-refractivity contribution in [1.82, 2.24) is 0 Å². The second-order valence-electron chi connectivity index (χ2n) is 5.61. The Labute approximate surface area is 145 Å². The molecule has 1 atom stereocenters. The van der Waals surface area contributed by atoms with E-state index in [9.17, 15) is 9.90 Å². The number of hydrogen-bond acceptors (Lipinski definition) is 2. The molecular weight excluding hydrogens is 335 g/mol. The fraction of sp³-hybridized carbons (Fsp3) is 0.278. The minimum atomic E-state index is -1.04. The summed E-state index contributed by atoms with van der Waals surface area (Å²) < 4.78 is 5.61. The van der Waals surface area contributed by atoms with E-state index in [0.717, 1.165) is 0 Å². The summed E-state index contributed by atoms with van der Waals surface area (Å²) in [5.74, 6) is -0.108. The molecular formula is C18H18Cl2O3. The van der Waals surface area contributed by atoms with E-state index in [2.05, 4.69) is 13.8 Å². The number of ether oxygens (including phenoxy) is 1. The van der Waals surface area contributed by atoms with Crippen LogP contribution in [0.2, 0.25) is 10.0 Å². The molecule has 0 aliphatic rings. The first kappa shape index (κ1) is 17.6. The highest BCUT2D eigenvalue weighted by molar-refractivity contribution is 6.35. The van der Waals surface area contributed by atoms with Crippen LogP contribution in [0.15, 0.2) is 42.5 Å². The van der Waals surface area contributed by atoms with E-state index in [0.29, 0.717) is 27.3 Å². The predicted octanol–water partition coefficient (Wildman–Crippen LogP) is 5.19. The summed E-state index contributed by atoms with van der Waals surface area (Å²) in [6, 6.07) is 12.4. The minimum absolute atomic E-state index is 0.164. The molecule has 23 heavy (non-hydrogen) atoms. The van der Waals surface area contributed by atoms with E-state index in [1.807, 2.05) is 12.1 Å². The van der Waals surface area contributed by atoms with Gasteiger partial charge in [-0.3, -0.25) is 0 Å². The van der Waals surface area contributed by atoms with Crippen LogP contribution in [0.5, 0.6) is 5.75 Å². The molecule has 0 amide bonds. The number of carboxylic acid groups (broad SMARTS) is 1. The summed E-state index contributed by atoms with van der Waals surface area (Å²) in [6.45, 7) is 4.19. The van der Waals surface area contributed by atoms with Crippen molar-refractivity contribution in [3.05, 3.63) is 63.6 Å². The molecule has 5 heteroatoms. The first-order chi connectivity index (χ1) is 10.9. The number of carbonyl (C=O) groups is 1. The van der Waals surface area contributed by atoms with Crippen molar-refractivity contribution in [3.8, 4) is 5.75 Å². The first-order valence-corrected chi connectivity index (χ1v) is 8.05. The lowest BCUT2D eigenvalue weighted by atomic mass is 10.0. The molecule has 3 nitrogen and oxygen atoms in total. The SMILES string of the molecule is CC(C)c1ccc(O[C@H](Cc2ccc(Cl)cc2Cl)C(=O)O)cc1. The lowest BCUT2D eigenvalue weighted by Crippen LogP contribution is -2.29. The van der Waals surface area contributed by atoms with Crippen molar-refractivity contribution in [3.63, 3.8) is 0 Å². The van der Waals surface area contributed by atoms with Crippen LogP contribution < -0.4 is 4.74 Å². The van der Waals surface area contributed by atoms with Crippen LogP contribution in [0, 0.1) is 0 Å². The van der Waals surface area contributed by atoms with Crippen LogP contribution in [-0.2, 0) is 11.2 Å². The van der Waals surface area contributed by atoms with Crippen LogP contribution in [-0.4, -0.2) is 17.2 Å². The summed E-state index contributed by atoms with van der Waals surface area (Å²) in [6.07, 6.45) is -0.851. The summed E-state index contributed by atoms with van der Waals surface area (Å²) in [7, 11) is 0. The maximum Gasteiger partial charge on any atom is 0.345 e. The number of rotatable bonds is 6. The molecule has 0 saturated heterocycles. The van der Waals surface area contributed by atoms with Gasteiger partial charge in [0.2, 0.25) is 0 Å². The van der Waals surface area contributed by atoms with E-state index in [-0.39, 0.29) is 6.42 Å². The van der Waals surface area contributed by atoms with Gasteiger partial charge in [0.25, 0.3) is 0 Å². The third-order valence-corrected chi connectivity index (χ3v) is 4.11. The third kappa shape index (κ3) is 4.88. The fourth-order valence-corrected chi connectivity index (χ4v) is 2.65. The molecule has 0 spiro atoms. The Morgan fingerprint density at radius 1 is 1.13 bits per heavy atom. The summed E-state index contributed by atoms with van der Waals surface area (Å²) in [5, 5.41) is 10.3. The molecule has 2 aromatic rings. The molecule has 122 valence electrons. The molecule has 0 unspecified atom stereocenters. The third-order valence-electron chi connectivity index (χ3n) is 3.52. The zero-order valence-electron chi connectivity index (χ0n) is 12.9. The van der Waals surface area contributed by atoms with Gasteiger partial charge in [-0.15, -0.1) is 0 Å². The highest BCUT2D eigenvalue weighted by Crippen LogP contribution is 2.24. The monoisotopic (exact) mass is 352 g/mol. The van der Waals surface area contributed by atoms with Gasteiger partial charge in [0.1, 0.15) is 5.75 Å². The number of carboxylic acids is 1. The van der Waals surface area contributed by atoms with Gasteiger partial charge in [0.15, 0.2) is 6.10 Å². The van der Waals surface area contributed by atoms with E-state index in [1.165, 1.54) is 5.56 Å². The Bertz CT molecular complexity index is 681. The summed E-state index contributed by atoms with van der Waals surface area (Å²) in [5.41, 5.74) is 1.85. The average Bonchev–Trinajstić information content (AvgIpc) is 2.49. The molecule has 0 aromatic heterocycles. The highest BCUT2D eigenvalue weighted by atomic mass is 35.5. The Hall–Kier alpha value is -1.71. The fourth-order valence-electron chi connectivity index (χ4n) is 2.16. The molecule has 0 bridgehead atoms. The second kappa shape index (κ2) is 7.71. The minimum Gasteiger partial charge on any atom is -0.478 e. The van der Waals surface area contributed by atoms with Crippen molar-refractivity contribution in [2.24, 2.45) is 0 Å². The van der Waals surface area contributed by atoms with Gasteiger partial charge in [-0.05, 0) is 41.3 Å². The van der Waals surface area contributed by atoms with Crippen LogP contribution in [0.25, 0.3) is 0 Å². The van der Waals surface area contributed by atoms with Crippen molar-refractivity contribution in [2.75, 3.05) is 0 Å². The Morgan fingerprint density at radius 3 is 2.30 bits per heavy atom. The predicted molar refractivity (Wildman–Crippen MR) is 92.7 cm³/mol. The summed E-state index contributed by atoms with van der Waals surface area (Å²) >= 11 is 12.0. The number of aliphatic carboxylic acids is 1. The van der Waals surface area contributed by atoms with Crippen LogP contribution in [0.4, 0.5) is 0 Å². The zero-order chi connectivity index (χ0) is 17.0. The maximum atomic E-state index is 11.5. The Kier molecular flexibility index (Phi) is 5.91. The molecule has 2 aromatic carbocycles. The number of hydrogen-bond donors (Lipinski definition) is 1. The van der Waals surface area contributed by atoms with Crippen molar-refractivity contribution < 1.29 is 14.6 Å². The molecule has 0 saturated carbocycles. The first-order valence-electron chi connectivity index (χ1n) is 7.30. The van der Waals surface area contributed by atoms with Gasteiger partial charge in [-0.25, -0.2) is 4.79 Å². The Morgan fingerprint density at radius 2 is 1.78 bits per heavy atom. The normalized spacial score (nSPS) is 12.2. The van der Waals surface area contributed by atoms with E-state index < -0.39 is 12.1 Å². The van der Waals surface area contributed by atoms with Crippen LogP contribution in [0.3, 0.4) is 0 Å². The highest BCUT2D eigenvalue weighted by Gasteiger charge is 2.21. The lowest BCUT2D eigenvalue weighted by molar-refractivity contribution is -0.145. The van der Waals surface area contributed by atoms with E-state index in [4.69, 9.17) is 27.9 Å². The maximum absolute atomic E-state index is 11.5. The molecule has 0 radical (unpaired) electrons. The summed E-state index contributed by atoms with van der Waals surface area (Å²) in [4.78, 5) is 11.5. The largest absolute Gasteiger partial charge is 0.478 e. The van der Waals surface area contributed by atoms with Gasteiger partial charge in [-0.2, -0.15) is 0 Å². The molecule has 0 fully saturated rings. The standard InChI is InChI=1S/C18H18Cl2O3/c1-11(2)12-4-7-15(8-5-12)23-17(18(21)22)9-13-3-6-14(19)10-16(13)20/h3-8,10-11,17H,9H2,1-2H3,(H,21,22)/t17-/m1/s1. The van der Waals surface area contributed by atoms with Gasteiger partial charge in [0.05, 0.1) is 0 Å². The molecule has 2 rings (SSSR count). The van der Waals surface area contributed by atoms with Gasteiger partial charge < -0.3 is 9.84 Å². The number of halogens is 2. The van der Waals surface area contributed by atoms with Gasteiger partial charge in [-0.1, -0.05) is 55.2 Å². The van der Waals surface area contributed by atoms with Crippen LogP contribution in [0.1, 0.15) is 30.9 Å². The zero-order valence-corrected chi connectivity index (χ0v) is 14.4. The van der Waals surface area contributed by atoms with E-state index in [1.54, 1.807) is 30.3 Å². The molecule has 0 aliphatic carbocycles. The Balaban J connectivity index is 2.14. The quantitative estimate of drug-likeness (QED) is 0.777. The average molecular weight is 353 g/mol.